The summed E-state index contributed by atoms with van der Waals surface area (Å²) in [7, 11) is -2.75. The summed E-state index contributed by atoms with van der Waals surface area (Å²) in [4.78, 5) is 22.8. The highest BCUT2D eigenvalue weighted by atomic mass is 28.4. The molecule has 0 aliphatic rings. The highest BCUT2D eigenvalue weighted by molar-refractivity contribution is 6.99. The lowest BCUT2D eigenvalue weighted by Gasteiger charge is -2.42. The van der Waals surface area contributed by atoms with Gasteiger partial charge in [0.1, 0.15) is 12.7 Å². The van der Waals surface area contributed by atoms with Gasteiger partial charge in [0, 0.05) is 6.07 Å². The first kappa shape index (κ1) is 26.7. The Morgan fingerprint density at radius 3 is 2.00 bits per heavy atom. The van der Waals surface area contributed by atoms with Crippen LogP contribution in [-0.4, -0.2) is 25.5 Å². The first-order chi connectivity index (χ1) is 17.1. The number of carbonyl (C=O) groups is 1. The molecule has 0 saturated carbocycles. The molecule has 0 aromatic heterocycles. The fourth-order valence-corrected chi connectivity index (χ4v) is 8.41. The van der Waals surface area contributed by atoms with Crippen molar-refractivity contribution >= 4 is 30.5 Å². The fraction of sp³-hybridized carbons (Fsp3) is 0.250. The summed E-state index contributed by atoms with van der Waals surface area (Å²) in [5.74, 6) is 0. The summed E-state index contributed by atoms with van der Waals surface area (Å²) < 4.78 is 17.0. The molecule has 188 valence electrons. The van der Waals surface area contributed by atoms with Crippen molar-refractivity contribution in [2.45, 2.75) is 45.4 Å². The molecule has 0 radical (unpaired) electrons. The maximum absolute atomic E-state index is 12.2. The third kappa shape index (κ3) is 6.20. The Hall–Kier alpha value is -3.91. The lowest BCUT2D eigenvalue weighted by Crippen LogP contribution is -2.65. The normalized spacial score (nSPS) is 12.7. The zero-order valence-corrected chi connectivity index (χ0v) is 21.9. The van der Waals surface area contributed by atoms with E-state index < -0.39 is 25.5 Å². The molecule has 3 aromatic rings. The molecule has 36 heavy (non-hydrogen) atoms. The average molecular weight is 506 g/mol. The van der Waals surface area contributed by atoms with E-state index in [1.54, 1.807) is 31.4 Å². The van der Waals surface area contributed by atoms with E-state index in [4.69, 9.17) is 13.9 Å². The fourth-order valence-electron chi connectivity index (χ4n) is 4.12. The Morgan fingerprint density at radius 1 is 0.944 bits per heavy atom. The molecule has 3 rings (SSSR count). The standard InChI is InChI=1S/C28H31NO6Si/c1-22(35-27(30)33-21-23-13-11-12-18-26(23)29(31)32)19-20-34-36(28(2,3)4,24-14-7-5-8-15-24)25-16-9-6-10-17-25/h5-20,22H,21H2,1-4H3. The Morgan fingerprint density at radius 2 is 1.47 bits per heavy atom. The molecule has 3 aromatic carbocycles. The van der Waals surface area contributed by atoms with Crippen LogP contribution >= 0.6 is 0 Å². The molecule has 0 aliphatic heterocycles. The number of para-hydroxylation sites is 1. The lowest BCUT2D eigenvalue weighted by molar-refractivity contribution is -0.385. The quantitative estimate of drug-likeness (QED) is 0.121. The van der Waals surface area contributed by atoms with Crippen LogP contribution in [0.5, 0.6) is 0 Å². The van der Waals surface area contributed by atoms with Gasteiger partial charge in [0.15, 0.2) is 0 Å². The predicted octanol–water partition coefficient (Wildman–Crippen LogP) is 5.73. The first-order valence-electron chi connectivity index (χ1n) is 11.7. The highest BCUT2D eigenvalue weighted by Gasteiger charge is 2.51. The van der Waals surface area contributed by atoms with Crippen molar-refractivity contribution in [1.82, 2.24) is 0 Å². The van der Waals surface area contributed by atoms with Gasteiger partial charge >= 0.3 is 14.5 Å². The van der Waals surface area contributed by atoms with Crippen LogP contribution in [-0.2, 0) is 20.5 Å². The minimum atomic E-state index is -2.75. The number of hydrogen-bond donors (Lipinski definition) is 0. The van der Waals surface area contributed by atoms with Gasteiger partial charge in [0.2, 0.25) is 0 Å². The Kier molecular flexibility index (Phi) is 8.66. The minimum Gasteiger partial charge on any atom is -0.540 e. The molecule has 0 bridgehead atoms. The van der Waals surface area contributed by atoms with Gasteiger partial charge in [0.05, 0.1) is 16.7 Å². The topological polar surface area (TPSA) is 87.9 Å². The number of ether oxygens (including phenoxy) is 2. The summed E-state index contributed by atoms with van der Waals surface area (Å²) in [6, 6.07) is 26.5. The van der Waals surface area contributed by atoms with E-state index >= 15 is 0 Å². The van der Waals surface area contributed by atoms with Gasteiger partial charge in [-0.1, -0.05) is 93.6 Å². The molecule has 0 spiro atoms. The van der Waals surface area contributed by atoms with Crippen molar-refractivity contribution < 1.29 is 23.6 Å². The van der Waals surface area contributed by atoms with Gasteiger partial charge in [0.25, 0.3) is 5.69 Å². The lowest BCUT2D eigenvalue weighted by atomic mass is 10.2. The van der Waals surface area contributed by atoms with Crippen LogP contribution in [0.15, 0.2) is 97.3 Å². The largest absolute Gasteiger partial charge is 0.540 e. The van der Waals surface area contributed by atoms with Crippen molar-refractivity contribution in [1.29, 1.82) is 0 Å². The Balaban J connectivity index is 1.73. The van der Waals surface area contributed by atoms with Crippen LogP contribution < -0.4 is 10.4 Å². The third-order valence-electron chi connectivity index (χ3n) is 5.83. The number of carbonyl (C=O) groups excluding carboxylic acids is 1. The Labute approximate surface area is 212 Å². The van der Waals surface area contributed by atoms with Crippen molar-refractivity contribution in [3.05, 3.63) is 113 Å². The van der Waals surface area contributed by atoms with E-state index in [1.807, 2.05) is 36.4 Å². The van der Waals surface area contributed by atoms with E-state index in [0.29, 0.717) is 0 Å². The predicted molar refractivity (Wildman–Crippen MR) is 142 cm³/mol. The molecular weight excluding hydrogens is 474 g/mol. The molecule has 0 N–H and O–H groups in total. The van der Waals surface area contributed by atoms with Crippen LogP contribution in [0.3, 0.4) is 0 Å². The SMILES string of the molecule is CC(C=CO[Si](c1ccccc1)(c1ccccc1)C(C)(C)C)OC(=O)OCc1ccccc1[N+](=O)[O-]. The second-order valence-electron chi connectivity index (χ2n) is 9.36. The zero-order chi connectivity index (χ0) is 26.2. The van der Waals surface area contributed by atoms with Crippen LogP contribution in [0.25, 0.3) is 0 Å². The summed E-state index contributed by atoms with van der Waals surface area (Å²) in [6.45, 7) is 7.95. The monoisotopic (exact) mass is 505 g/mol. The number of nitro benzene ring substituents is 1. The maximum Gasteiger partial charge on any atom is 0.509 e. The summed E-state index contributed by atoms with van der Waals surface area (Å²) in [5, 5.41) is 13.2. The molecular formula is C28H31NO6Si. The van der Waals surface area contributed by atoms with Crippen LogP contribution in [0, 0.1) is 10.1 Å². The second kappa shape index (κ2) is 11.7. The van der Waals surface area contributed by atoms with Crippen molar-refractivity contribution in [3.63, 3.8) is 0 Å². The molecule has 7 nitrogen and oxygen atoms in total. The maximum atomic E-state index is 12.2. The highest BCUT2D eigenvalue weighted by Crippen LogP contribution is 2.36. The molecule has 0 amide bonds. The summed E-state index contributed by atoms with van der Waals surface area (Å²) >= 11 is 0. The number of nitro groups is 1. The number of hydrogen-bond acceptors (Lipinski definition) is 6. The van der Waals surface area contributed by atoms with Crippen molar-refractivity contribution in [2.75, 3.05) is 0 Å². The number of rotatable bonds is 9. The number of benzene rings is 3. The van der Waals surface area contributed by atoms with Crippen LogP contribution in [0.1, 0.15) is 33.3 Å². The van der Waals surface area contributed by atoms with E-state index in [1.165, 1.54) is 12.1 Å². The van der Waals surface area contributed by atoms with Gasteiger partial charge < -0.3 is 13.9 Å². The van der Waals surface area contributed by atoms with Gasteiger partial charge in [-0.2, -0.15) is 0 Å². The van der Waals surface area contributed by atoms with Gasteiger partial charge in [-0.05, 0) is 34.5 Å². The van der Waals surface area contributed by atoms with Gasteiger partial charge in [-0.15, -0.1) is 0 Å². The molecule has 0 fully saturated rings. The smallest absolute Gasteiger partial charge is 0.509 e. The van der Waals surface area contributed by atoms with E-state index in [0.717, 1.165) is 10.4 Å². The molecule has 0 saturated heterocycles. The molecule has 1 unspecified atom stereocenters. The van der Waals surface area contributed by atoms with Gasteiger partial charge in [-0.25, -0.2) is 4.79 Å². The molecule has 0 aliphatic carbocycles. The third-order valence-corrected chi connectivity index (χ3v) is 10.7. The second-order valence-corrected chi connectivity index (χ2v) is 13.6. The van der Waals surface area contributed by atoms with E-state index in [9.17, 15) is 14.9 Å². The molecule has 8 heteroatoms. The minimum absolute atomic E-state index is 0.114. The zero-order valence-electron chi connectivity index (χ0n) is 20.9. The van der Waals surface area contributed by atoms with Crippen LogP contribution in [0.2, 0.25) is 5.04 Å². The number of nitrogens with zero attached hydrogens (tertiary/aromatic N) is 1. The first-order valence-corrected chi connectivity index (χ1v) is 13.6. The molecule has 0 heterocycles. The van der Waals surface area contributed by atoms with E-state index in [2.05, 4.69) is 45.0 Å². The Bertz CT molecular complexity index is 1150. The van der Waals surface area contributed by atoms with Crippen molar-refractivity contribution in [3.8, 4) is 0 Å². The average Bonchev–Trinajstić information content (AvgIpc) is 2.86. The van der Waals surface area contributed by atoms with Gasteiger partial charge in [-0.3, -0.25) is 10.1 Å². The van der Waals surface area contributed by atoms with Crippen molar-refractivity contribution in [2.24, 2.45) is 0 Å². The summed E-state index contributed by atoms with van der Waals surface area (Å²) in [5.41, 5.74) is 0.176. The van der Waals surface area contributed by atoms with Crippen LogP contribution in [0.4, 0.5) is 10.5 Å². The van der Waals surface area contributed by atoms with E-state index in [-0.39, 0.29) is 22.9 Å². The summed E-state index contributed by atoms with van der Waals surface area (Å²) in [6.07, 6.45) is 1.71. The molecule has 1 atom stereocenters.